The van der Waals surface area contributed by atoms with Crippen molar-refractivity contribution in [3.05, 3.63) is 12.2 Å². The van der Waals surface area contributed by atoms with Crippen LogP contribution in [-0.2, 0) is 23.8 Å². The molecule has 0 saturated carbocycles. The Balaban J connectivity index is 1.26. The van der Waals surface area contributed by atoms with Crippen molar-refractivity contribution >= 4 is 31.9 Å². The van der Waals surface area contributed by atoms with Crippen LogP contribution in [0.25, 0.3) is 0 Å². The highest BCUT2D eigenvalue weighted by Crippen LogP contribution is 2.45. The third-order valence-electron chi connectivity index (χ3n) is 10.9. The van der Waals surface area contributed by atoms with Crippen molar-refractivity contribution in [1.82, 2.24) is 26.0 Å². The summed E-state index contributed by atoms with van der Waals surface area (Å²) in [5, 5.41) is 43.0. The van der Waals surface area contributed by atoms with Crippen molar-refractivity contribution in [2.45, 2.75) is 146 Å². The first kappa shape index (κ1) is 39.0. The van der Waals surface area contributed by atoms with Crippen molar-refractivity contribution in [2.24, 2.45) is 5.92 Å². The number of amides is 1. The maximum absolute atomic E-state index is 14.2. The molecule has 1 unspecified atom stereocenters. The molecule has 8 atom stereocenters. The average molecular weight is 704 g/mol. The second-order valence-electron chi connectivity index (χ2n) is 15.0. The smallest absolute Gasteiger partial charge is 0.373 e. The molecule has 14 nitrogen and oxygen atoms in total. The summed E-state index contributed by atoms with van der Waals surface area (Å²) < 4.78 is 21.8. The van der Waals surface area contributed by atoms with Crippen LogP contribution < -0.4 is 21.1 Å². The van der Waals surface area contributed by atoms with Crippen LogP contribution in [0.5, 0.6) is 0 Å². The van der Waals surface area contributed by atoms with E-state index in [1.165, 1.54) is 0 Å². The monoisotopic (exact) mass is 703 g/mol. The lowest BCUT2D eigenvalue weighted by molar-refractivity contribution is -0.609. The number of aliphatic hydroxyl groups is 1. The summed E-state index contributed by atoms with van der Waals surface area (Å²) in [5.74, 6) is -0.267. The van der Waals surface area contributed by atoms with Gasteiger partial charge in [-0.05, 0) is 85.0 Å². The van der Waals surface area contributed by atoms with Crippen LogP contribution >= 0.6 is 0 Å². The van der Waals surface area contributed by atoms with E-state index in [1.807, 2.05) is 0 Å². The molecule has 5 heterocycles. The topological polar surface area (TPSA) is 177 Å². The van der Waals surface area contributed by atoms with Gasteiger partial charge in [0.2, 0.25) is 11.6 Å². The van der Waals surface area contributed by atoms with Crippen LogP contribution in [0.3, 0.4) is 0 Å². The van der Waals surface area contributed by atoms with Crippen LogP contribution in [-0.4, -0.2) is 131 Å². The zero-order chi connectivity index (χ0) is 35.9. The van der Waals surface area contributed by atoms with E-state index < -0.39 is 37.6 Å². The van der Waals surface area contributed by atoms with E-state index in [2.05, 4.69) is 51.7 Å². The van der Waals surface area contributed by atoms with Crippen LogP contribution in [0, 0.1) is 5.92 Å². The molecule has 5 rings (SSSR count). The van der Waals surface area contributed by atoms with Gasteiger partial charge in [0.25, 0.3) is 0 Å². The summed E-state index contributed by atoms with van der Waals surface area (Å²) in [5.41, 5.74) is -1.42. The molecule has 280 valence electrons. The Bertz CT molecular complexity index is 1230. The first-order chi connectivity index (χ1) is 23.9. The summed E-state index contributed by atoms with van der Waals surface area (Å²) in [4.78, 5) is 29.2. The van der Waals surface area contributed by atoms with E-state index in [9.17, 15) is 24.7 Å². The van der Waals surface area contributed by atoms with Crippen molar-refractivity contribution < 1.29 is 43.5 Å². The maximum Gasteiger partial charge on any atom is 0.373 e. The number of carbonyl (C=O) groups is 2. The molecule has 0 radical (unpaired) electrons. The molecule has 5 aliphatic rings. The van der Waals surface area contributed by atoms with Crippen molar-refractivity contribution in [3.63, 3.8) is 0 Å². The molecule has 5 aliphatic heterocycles. The molecule has 0 aromatic rings. The summed E-state index contributed by atoms with van der Waals surface area (Å²) in [7, 11) is -1.35. The fraction of sp³-hybridized carbons (Fsp3) is 0.853. The summed E-state index contributed by atoms with van der Waals surface area (Å²) in [6, 6.07) is 0.109. The van der Waals surface area contributed by atoms with Gasteiger partial charge in [0.15, 0.2) is 11.6 Å². The number of nitrogens with one attached hydrogen (secondary N) is 4. The van der Waals surface area contributed by atoms with E-state index in [0.29, 0.717) is 38.9 Å². The van der Waals surface area contributed by atoms with Gasteiger partial charge in [0, 0.05) is 32.4 Å². The minimum Gasteiger partial charge on any atom is -0.465 e. The molecule has 50 heavy (non-hydrogen) atoms. The number of rotatable bonds is 16. The van der Waals surface area contributed by atoms with Crippen LogP contribution in [0.4, 0.5) is 0 Å². The molecule has 0 aliphatic carbocycles. The lowest BCUT2D eigenvalue weighted by Crippen LogP contribution is -2.76. The quantitative estimate of drug-likeness (QED) is 0.0391. The lowest BCUT2D eigenvalue weighted by Gasteiger charge is -2.50. The highest BCUT2D eigenvalue weighted by molar-refractivity contribution is 6.45. The molecule has 0 aromatic heterocycles. The zero-order valence-corrected chi connectivity index (χ0v) is 30.6. The number of hydrogen-bond acceptors (Lipinski definition) is 12. The number of nitrogens with zero attached hydrogens (tertiary/aromatic N) is 2. The fourth-order valence-corrected chi connectivity index (χ4v) is 8.59. The predicted octanol–water partition coefficient (Wildman–Crippen LogP) is 0.528. The SMILES string of the molecule is CC[C@H]1C=CCC[C@@]2(C[C@@H]3CC[C@@H]4C(C(=O)OCCC(=O)N(CCCNB(C)O)C[C@@H](O)CCNB(C)O)[C@]5(CCC[C@@H](C)O5)NC(=[N+]34)N2)O1. The van der Waals surface area contributed by atoms with Gasteiger partial charge in [0.05, 0.1) is 36.8 Å². The normalized spacial score (nSPS) is 32.2. The van der Waals surface area contributed by atoms with Gasteiger partial charge in [-0.25, -0.2) is 10.6 Å². The van der Waals surface area contributed by atoms with Gasteiger partial charge in [0.1, 0.15) is 6.61 Å². The fourth-order valence-electron chi connectivity index (χ4n) is 8.59. The van der Waals surface area contributed by atoms with Gasteiger partial charge < -0.3 is 44.7 Å². The third-order valence-corrected chi connectivity index (χ3v) is 10.9. The second-order valence-corrected chi connectivity index (χ2v) is 15.0. The van der Waals surface area contributed by atoms with Crippen LogP contribution in [0.15, 0.2) is 12.2 Å². The molecule has 16 heteroatoms. The first-order valence-electron chi connectivity index (χ1n) is 19.1. The average Bonchev–Trinajstić information content (AvgIpc) is 3.36. The molecule has 0 bridgehead atoms. The Morgan fingerprint density at radius 2 is 1.92 bits per heavy atom. The highest BCUT2D eigenvalue weighted by Gasteiger charge is 2.64. The van der Waals surface area contributed by atoms with Crippen molar-refractivity contribution in [3.8, 4) is 0 Å². The number of carbonyl (C=O) groups excluding carboxylic acids is 2. The number of hydrogen-bond donors (Lipinski definition) is 7. The molecular formula is C34H61B2N6O8+. The Morgan fingerprint density at radius 3 is 2.66 bits per heavy atom. The minimum atomic E-state index is -0.935. The molecule has 2 fully saturated rings. The summed E-state index contributed by atoms with van der Waals surface area (Å²) >= 11 is 0. The van der Waals surface area contributed by atoms with Crippen LogP contribution in [0.1, 0.15) is 90.9 Å². The highest BCUT2D eigenvalue weighted by atomic mass is 16.6. The molecule has 0 aromatic carbocycles. The second kappa shape index (κ2) is 17.5. The van der Waals surface area contributed by atoms with Gasteiger partial charge in [-0.15, -0.1) is 0 Å². The first-order valence-corrected chi connectivity index (χ1v) is 19.1. The van der Waals surface area contributed by atoms with Gasteiger partial charge >= 0.3 is 26.0 Å². The molecule has 2 spiro atoms. The number of ether oxygens (including phenoxy) is 3. The zero-order valence-electron chi connectivity index (χ0n) is 30.6. The van der Waals surface area contributed by atoms with E-state index in [0.717, 1.165) is 57.3 Å². The number of allylic oxidation sites excluding steroid dienone is 1. The lowest BCUT2D eigenvalue weighted by atomic mass is 9.80. The van der Waals surface area contributed by atoms with E-state index in [4.69, 9.17) is 14.2 Å². The Labute approximate surface area is 298 Å². The summed E-state index contributed by atoms with van der Waals surface area (Å²) in [6.45, 7) is 8.77. The minimum absolute atomic E-state index is 0.0128. The molecule has 7 N–H and O–H groups in total. The third kappa shape index (κ3) is 9.61. The standard InChI is InChI=1S/C34H60B2N6O8/c1-5-27-11-6-7-16-33(50-27)22-25-12-13-28-30(34(17-8-10-24(2)49-34)40-32(39-33)42(25)28)31(45)48-21-15-29(44)41(20-9-18-37-35(3)46)23-26(43)14-19-38-36(4)47/h6,11,24-28,30,37-38,43,46-47H,5,7-10,12-23H2,1-4H3,(H,39,40)/p+1/t24-,25+,26+,27+,28-,30?,33+,34-/m1/s1. The predicted molar refractivity (Wildman–Crippen MR) is 191 cm³/mol. The largest absolute Gasteiger partial charge is 0.465 e. The number of aliphatic hydroxyl groups excluding tert-OH is 1. The Kier molecular flexibility index (Phi) is 13.7. The van der Waals surface area contributed by atoms with Crippen molar-refractivity contribution in [1.29, 1.82) is 0 Å². The maximum atomic E-state index is 14.2. The Morgan fingerprint density at radius 1 is 1.14 bits per heavy atom. The molecule has 2 saturated heterocycles. The number of guanidine groups is 1. The van der Waals surface area contributed by atoms with E-state index in [1.54, 1.807) is 18.5 Å². The summed E-state index contributed by atoms with van der Waals surface area (Å²) in [6.07, 6.45) is 12.4. The van der Waals surface area contributed by atoms with Gasteiger partial charge in [-0.3, -0.25) is 14.2 Å². The molecule has 1 amide bonds. The van der Waals surface area contributed by atoms with Gasteiger partial charge in [-0.1, -0.05) is 19.1 Å². The molecular weight excluding hydrogens is 642 g/mol. The van der Waals surface area contributed by atoms with Crippen molar-refractivity contribution in [2.75, 3.05) is 32.8 Å². The Hall–Kier alpha value is -2.20. The number of esters is 1. The van der Waals surface area contributed by atoms with E-state index in [-0.39, 0.29) is 55.7 Å². The van der Waals surface area contributed by atoms with E-state index >= 15 is 0 Å². The van der Waals surface area contributed by atoms with Gasteiger partial charge in [-0.2, -0.15) is 0 Å². The van der Waals surface area contributed by atoms with Crippen LogP contribution in [0.2, 0.25) is 13.6 Å².